The Balaban J connectivity index is 2.27. The van der Waals surface area contributed by atoms with E-state index >= 15 is 0 Å². The SMILES string of the molecule is Cc1cc(C(=O)Nc2cccc(C)c2Br)c(C)o1. The van der Waals surface area contributed by atoms with Gasteiger partial charge in [-0.25, -0.2) is 0 Å². The molecule has 94 valence electrons. The number of amides is 1. The van der Waals surface area contributed by atoms with Crippen LogP contribution in [0, 0.1) is 20.8 Å². The molecule has 1 amide bonds. The van der Waals surface area contributed by atoms with Gasteiger partial charge in [-0.3, -0.25) is 4.79 Å². The molecule has 0 spiro atoms. The van der Waals surface area contributed by atoms with Crippen LogP contribution in [0.4, 0.5) is 5.69 Å². The first-order valence-corrected chi connectivity index (χ1v) is 6.42. The number of anilines is 1. The van der Waals surface area contributed by atoms with Gasteiger partial charge in [0.25, 0.3) is 5.91 Å². The quantitative estimate of drug-likeness (QED) is 0.902. The van der Waals surface area contributed by atoms with E-state index in [1.165, 1.54) is 0 Å². The molecule has 1 aromatic heterocycles. The van der Waals surface area contributed by atoms with E-state index in [0.29, 0.717) is 11.3 Å². The second-order valence-electron chi connectivity index (χ2n) is 4.22. The van der Waals surface area contributed by atoms with Crippen molar-refractivity contribution in [3.05, 3.63) is 51.4 Å². The minimum Gasteiger partial charge on any atom is -0.466 e. The Morgan fingerprint density at radius 1 is 1.28 bits per heavy atom. The third kappa shape index (κ3) is 2.48. The zero-order valence-electron chi connectivity index (χ0n) is 10.5. The fraction of sp³-hybridized carbons (Fsp3) is 0.214. The van der Waals surface area contributed by atoms with Crippen LogP contribution >= 0.6 is 15.9 Å². The predicted octanol–water partition coefficient (Wildman–Crippen LogP) is 4.22. The van der Waals surface area contributed by atoms with E-state index in [2.05, 4.69) is 21.2 Å². The topological polar surface area (TPSA) is 42.2 Å². The third-order valence-corrected chi connectivity index (χ3v) is 3.78. The lowest BCUT2D eigenvalue weighted by Gasteiger charge is -2.08. The molecule has 0 aliphatic rings. The molecule has 0 saturated carbocycles. The Labute approximate surface area is 114 Å². The van der Waals surface area contributed by atoms with Gasteiger partial charge in [0.2, 0.25) is 0 Å². The summed E-state index contributed by atoms with van der Waals surface area (Å²) in [5, 5.41) is 2.88. The molecule has 0 aliphatic heterocycles. The van der Waals surface area contributed by atoms with Crippen molar-refractivity contribution in [2.24, 2.45) is 0 Å². The number of hydrogen-bond donors (Lipinski definition) is 1. The van der Waals surface area contributed by atoms with Crippen molar-refractivity contribution < 1.29 is 9.21 Å². The minimum atomic E-state index is -0.157. The fourth-order valence-corrected chi connectivity index (χ4v) is 2.15. The van der Waals surface area contributed by atoms with Gasteiger partial charge in [0.1, 0.15) is 11.5 Å². The van der Waals surface area contributed by atoms with Gasteiger partial charge in [-0.1, -0.05) is 12.1 Å². The Hall–Kier alpha value is -1.55. The number of furan rings is 1. The first-order chi connectivity index (χ1) is 8.49. The molecule has 1 heterocycles. The molecule has 0 aliphatic carbocycles. The van der Waals surface area contributed by atoms with Crippen molar-refractivity contribution in [1.82, 2.24) is 0 Å². The number of nitrogens with one attached hydrogen (secondary N) is 1. The maximum absolute atomic E-state index is 12.1. The van der Waals surface area contributed by atoms with Crippen LogP contribution < -0.4 is 5.32 Å². The van der Waals surface area contributed by atoms with E-state index in [9.17, 15) is 4.79 Å². The van der Waals surface area contributed by atoms with Gasteiger partial charge < -0.3 is 9.73 Å². The molecule has 0 atom stereocenters. The van der Waals surface area contributed by atoms with Gasteiger partial charge >= 0.3 is 0 Å². The van der Waals surface area contributed by atoms with Crippen molar-refractivity contribution in [3.8, 4) is 0 Å². The van der Waals surface area contributed by atoms with Crippen LogP contribution in [0.1, 0.15) is 27.4 Å². The first-order valence-electron chi connectivity index (χ1n) is 5.62. The van der Waals surface area contributed by atoms with Gasteiger partial charge in [0.15, 0.2) is 0 Å². The lowest BCUT2D eigenvalue weighted by molar-refractivity contribution is 0.102. The largest absolute Gasteiger partial charge is 0.466 e. The van der Waals surface area contributed by atoms with E-state index in [0.717, 1.165) is 21.5 Å². The molecule has 1 N–H and O–H groups in total. The molecule has 2 aromatic rings. The summed E-state index contributed by atoms with van der Waals surface area (Å²) in [5.41, 5.74) is 2.41. The van der Waals surface area contributed by atoms with Gasteiger partial charge in [-0.15, -0.1) is 0 Å². The molecule has 3 nitrogen and oxygen atoms in total. The van der Waals surface area contributed by atoms with Crippen molar-refractivity contribution in [2.45, 2.75) is 20.8 Å². The fourth-order valence-electron chi connectivity index (χ4n) is 1.79. The Morgan fingerprint density at radius 3 is 2.61 bits per heavy atom. The van der Waals surface area contributed by atoms with Gasteiger partial charge in [-0.05, 0) is 54.4 Å². The molecule has 1 aromatic carbocycles. The summed E-state index contributed by atoms with van der Waals surface area (Å²) < 4.78 is 6.25. The average molecular weight is 308 g/mol. The summed E-state index contributed by atoms with van der Waals surface area (Å²) in [7, 11) is 0. The van der Waals surface area contributed by atoms with Crippen LogP contribution in [-0.4, -0.2) is 5.91 Å². The van der Waals surface area contributed by atoms with Crippen LogP contribution in [0.3, 0.4) is 0 Å². The smallest absolute Gasteiger partial charge is 0.259 e. The highest BCUT2D eigenvalue weighted by Gasteiger charge is 2.14. The second kappa shape index (κ2) is 4.98. The van der Waals surface area contributed by atoms with Crippen LogP contribution in [-0.2, 0) is 0 Å². The number of carbonyl (C=O) groups excluding carboxylic acids is 1. The summed E-state index contributed by atoms with van der Waals surface area (Å²) >= 11 is 3.47. The second-order valence-corrected chi connectivity index (χ2v) is 5.01. The normalized spacial score (nSPS) is 10.4. The molecule has 2 rings (SSSR count). The Morgan fingerprint density at radius 2 is 2.00 bits per heavy atom. The summed E-state index contributed by atoms with van der Waals surface area (Å²) in [6.07, 6.45) is 0. The maximum atomic E-state index is 12.1. The number of aryl methyl sites for hydroxylation is 3. The van der Waals surface area contributed by atoms with E-state index in [1.807, 2.05) is 32.0 Å². The van der Waals surface area contributed by atoms with Crippen LogP contribution in [0.2, 0.25) is 0 Å². The lowest BCUT2D eigenvalue weighted by Crippen LogP contribution is -2.12. The van der Waals surface area contributed by atoms with E-state index in [-0.39, 0.29) is 5.91 Å². The molecule has 0 bridgehead atoms. The molecule has 0 radical (unpaired) electrons. The monoisotopic (exact) mass is 307 g/mol. The van der Waals surface area contributed by atoms with Gasteiger partial charge in [0.05, 0.1) is 11.3 Å². The Bertz CT molecular complexity index is 602. The highest BCUT2D eigenvalue weighted by atomic mass is 79.9. The maximum Gasteiger partial charge on any atom is 0.259 e. The third-order valence-electron chi connectivity index (χ3n) is 2.73. The first kappa shape index (κ1) is 12.9. The molecule has 0 unspecified atom stereocenters. The number of benzene rings is 1. The van der Waals surface area contributed by atoms with Gasteiger partial charge in [-0.2, -0.15) is 0 Å². The predicted molar refractivity (Wildman–Crippen MR) is 75.0 cm³/mol. The average Bonchev–Trinajstić information content (AvgIpc) is 2.64. The molecule has 0 saturated heterocycles. The molecule has 0 fully saturated rings. The molecular weight excluding hydrogens is 294 g/mol. The number of hydrogen-bond acceptors (Lipinski definition) is 2. The summed E-state index contributed by atoms with van der Waals surface area (Å²) in [6, 6.07) is 7.49. The summed E-state index contributed by atoms with van der Waals surface area (Å²) in [6.45, 7) is 5.59. The lowest BCUT2D eigenvalue weighted by atomic mass is 10.2. The highest BCUT2D eigenvalue weighted by molar-refractivity contribution is 9.10. The molecular formula is C14H14BrNO2. The number of rotatable bonds is 2. The summed E-state index contributed by atoms with van der Waals surface area (Å²) in [4.78, 5) is 12.1. The van der Waals surface area contributed by atoms with E-state index < -0.39 is 0 Å². The number of halogens is 1. The zero-order chi connectivity index (χ0) is 13.3. The van der Waals surface area contributed by atoms with E-state index in [1.54, 1.807) is 13.0 Å². The number of carbonyl (C=O) groups is 1. The van der Waals surface area contributed by atoms with Crippen LogP contribution in [0.25, 0.3) is 0 Å². The molecule has 18 heavy (non-hydrogen) atoms. The Kier molecular flexibility index (Phi) is 3.57. The van der Waals surface area contributed by atoms with Gasteiger partial charge in [0, 0.05) is 4.47 Å². The van der Waals surface area contributed by atoms with Crippen molar-refractivity contribution in [3.63, 3.8) is 0 Å². The zero-order valence-corrected chi connectivity index (χ0v) is 12.1. The van der Waals surface area contributed by atoms with E-state index in [4.69, 9.17) is 4.42 Å². The minimum absolute atomic E-state index is 0.157. The van der Waals surface area contributed by atoms with Crippen LogP contribution in [0.5, 0.6) is 0 Å². The molecule has 4 heteroatoms. The summed E-state index contributed by atoms with van der Waals surface area (Å²) in [5.74, 6) is 1.21. The van der Waals surface area contributed by atoms with Crippen LogP contribution in [0.15, 0.2) is 33.2 Å². The van der Waals surface area contributed by atoms with Crippen molar-refractivity contribution in [2.75, 3.05) is 5.32 Å². The van der Waals surface area contributed by atoms with Crippen molar-refractivity contribution in [1.29, 1.82) is 0 Å². The highest BCUT2D eigenvalue weighted by Crippen LogP contribution is 2.26. The standard InChI is InChI=1S/C14H14BrNO2/c1-8-5-4-6-12(13(8)15)16-14(17)11-7-9(2)18-10(11)3/h4-7H,1-3H3,(H,16,17). The van der Waals surface area contributed by atoms with Crippen molar-refractivity contribution >= 4 is 27.5 Å².